The van der Waals surface area contributed by atoms with Crippen LogP contribution < -0.4 is 15.9 Å². The smallest absolute Gasteiger partial charge is 0.259 e. The van der Waals surface area contributed by atoms with Crippen molar-refractivity contribution < 1.29 is 0 Å². The van der Waals surface area contributed by atoms with Gasteiger partial charge in [-0.05, 0) is 63.3 Å². The number of hydrogen-bond donors (Lipinski definition) is 0. The van der Waals surface area contributed by atoms with Crippen molar-refractivity contribution in [1.82, 2.24) is 4.57 Å². The van der Waals surface area contributed by atoms with E-state index in [1.54, 1.807) is 0 Å². The van der Waals surface area contributed by atoms with Crippen LogP contribution in [0.4, 0.5) is 0 Å². The van der Waals surface area contributed by atoms with E-state index in [4.69, 9.17) is 0 Å². The van der Waals surface area contributed by atoms with Crippen LogP contribution in [0.2, 0.25) is 5.04 Å². The van der Waals surface area contributed by atoms with Crippen molar-refractivity contribution >= 4 is 18.4 Å². The van der Waals surface area contributed by atoms with Gasteiger partial charge in [-0.2, -0.15) is 0 Å². The molecule has 2 nitrogen and oxygen atoms in total. The lowest BCUT2D eigenvalue weighted by molar-refractivity contribution is 0.741. The largest absolute Gasteiger partial charge is 0.277 e. The third kappa shape index (κ3) is 3.83. The van der Waals surface area contributed by atoms with Gasteiger partial charge in [0.2, 0.25) is 8.07 Å². The second-order valence-corrected chi connectivity index (χ2v) is 15.5. The quantitative estimate of drug-likeness (QED) is 0.186. The first-order valence-electron chi connectivity index (χ1n) is 13.4. The van der Waals surface area contributed by atoms with E-state index < -0.39 is 8.07 Å². The number of nitrogens with zero attached hydrogens (tertiary/aromatic N) is 1. The van der Waals surface area contributed by atoms with Gasteiger partial charge in [0.15, 0.2) is 0 Å². The number of hydrogen-bond acceptors (Lipinski definition) is 1. The molecule has 1 aliphatic heterocycles. The summed E-state index contributed by atoms with van der Waals surface area (Å²) in [6, 6.07) is 39.4. The lowest BCUT2D eigenvalue weighted by Gasteiger charge is -2.39. The SMILES string of the molecule is Cc1c2c(c(-c3ccccc3)n(-c3ccccc3)c1=O)[Si](C#Cc1ccccc1)(C(C)(C)C)c1ccccc1-2. The fraction of sp³-hybridized carbons (Fsp3) is 0.139. The normalized spacial score (nSPS) is 15.7. The Labute approximate surface area is 231 Å². The molecule has 0 saturated carbocycles. The van der Waals surface area contributed by atoms with Crippen LogP contribution in [0.25, 0.3) is 28.1 Å². The average Bonchev–Trinajstić information content (AvgIpc) is 3.26. The molecule has 6 rings (SSSR count). The Morgan fingerprint density at radius 1 is 0.718 bits per heavy atom. The number of benzene rings is 4. The molecule has 2 heterocycles. The predicted molar refractivity (Wildman–Crippen MR) is 166 cm³/mol. The van der Waals surface area contributed by atoms with Crippen molar-refractivity contribution in [3.05, 3.63) is 137 Å². The van der Waals surface area contributed by atoms with Crippen LogP contribution in [0.5, 0.6) is 0 Å². The zero-order chi connectivity index (χ0) is 27.2. The number of para-hydroxylation sites is 1. The molecule has 1 aromatic heterocycles. The van der Waals surface area contributed by atoms with Gasteiger partial charge in [-0.1, -0.05) is 118 Å². The Morgan fingerprint density at radius 2 is 1.28 bits per heavy atom. The van der Waals surface area contributed by atoms with Gasteiger partial charge in [0, 0.05) is 16.8 Å². The molecular weight excluding hydrogens is 490 g/mol. The topological polar surface area (TPSA) is 22.0 Å². The fourth-order valence-corrected chi connectivity index (χ4v) is 11.2. The number of fused-ring (bicyclic) bond motifs is 3. The predicted octanol–water partition coefficient (Wildman–Crippen LogP) is 6.75. The average molecular weight is 522 g/mol. The number of aromatic nitrogens is 1. The molecule has 0 radical (unpaired) electrons. The van der Waals surface area contributed by atoms with Crippen molar-refractivity contribution in [3.8, 4) is 39.5 Å². The summed E-state index contributed by atoms with van der Waals surface area (Å²) in [7, 11) is -2.82. The summed E-state index contributed by atoms with van der Waals surface area (Å²) in [5, 5.41) is 2.37. The minimum atomic E-state index is -2.82. The Hall–Kier alpha value is -4.39. The third-order valence-electron chi connectivity index (χ3n) is 7.94. The molecule has 0 aliphatic carbocycles. The fourth-order valence-electron chi connectivity index (χ4n) is 6.14. The molecule has 3 heteroatoms. The Balaban J connectivity index is 1.86. The maximum absolute atomic E-state index is 14.3. The van der Waals surface area contributed by atoms with Gasteiger partial charge in [-0.3, -0.25) is 9.36 Å². The van der Waals surface area contributed by atoms with E-state index in [1.807, 2.05) is 66.1 Å². The van der Waals surface area contributed by atoms with Crippen LogP contribution in [0.3, 0.4) is 0 Å². The molecule has 0 amide bonds. The Kier molecular flexibility index (Phi) is 6.01. The van der Waals surface area contributed by atoms with Crippen molar-refractivity contribution in [3.63, 3.8) is 0 Å². The van der Waals surface area contributed by atoms with Gasteiger partial charge in [0.25, 0.3) is 5.56 Å². The summed E-state index contributed by atoms with van der Waals surface area (Å²) in [4.78, 5) is 14.3. The minimum Gasteiger partial charge on any atom is -0.277 e. The third-order valence-corrected chi connectivity index (χ3v) is 13.2. The molecule has 0 bridgehead atoms. The molecule has 0 saturated heterocycles. The highest BCUT2D eigenvalue weighted by molar-refractivity contribution is 7.13. The molecule has 5 aromatic rings. The monoisotopic (exact) mass is 521 g/mol. The maximum Gasteiger partial charge on any atom is 0.259 e. The van der Waals surface area contributed by atoms with E-state index >= 15 is 0 Å². The van der Waals surface area contributed by atoms with E-state index in [0.717, 1.165) is 39.2 Å². The summed E-state index contributed by atoms with van der Waals surface area (Å²) < 4.78 is 1.94. The molecule has 4 aromatic carbocycles. The molecule has 0 N–H and O–H groups in total. The summed E-state index contributed by atoms with van der Waals surface area (Å²) in [5.41, 5.74) is 10.9. The highest BCUT2D eigenvalue weighted by atomic mass is 28.3. The summed E-state index contributed by atoms with van der Waals surface area (Å²) in [6.07, 6.45) is 0. The lowest BCUT2D eigenvalue weighted by Crippen LogP contribution is -2.62. The minimum absolute atomic E-state index is 0.0170. The van der Waals surface area contributed by atoms with E-state index in [0.29, 0.717) is 0 Å². The van der Waals surface area contributed by atoms with E-state index in [2.05, 4.69) is 92.9 Å². The molecule has 0 fully saturated rings. The van der Waals surface area contributed by atoms with Gasteiger partial charge in [0.05, 0.1) is 5.69 Å². The zero-order valence-electron chi connectivity index (χ0n) is 22.8. The van der Waals surface area contributed by atoms with Crippen LogP contribution in [0.15, 0.2) is 120 Å². The van der Waals surface area contributed by atoms with Gasteiger partial charge in [0.1, 0.15) is 0 Å². The zero-order valence-corrected chi connectivity index (χ0v) is 23.8. The van der Waals surface area contributed by atoms with Crippen LogP contribution in [-0.2, 0) is 0 Å². The summed E-state index contributed by atoms with van der Waals surface area (Å²) >= 11 is 0. The molecular formula is C36H31NOSi. The molecule has 1 unspecified atom stereocenters. The standard InChI is InChI=1S/C36H31NOSi/c1-26-32-30-22-14-15-23-31(30)39(36(2,3)4,25-24-27-16-8-5-9-17-27)34(32)33(28-18-10-6-11-19-28)37(35(26)38)29-20-12-7-13-21-29/h5-23H,1-4H3. The Bertz CT molecular complexity index is 1800. The molecule has 0 spiro atoms. The Morgan fingerprint density at radius 3 is 1.92 bits per heavy atom. The van der Waals surface area contributed by atoms with Crippen LogP contribution in [-0.4, -0.2) is 12.6 Å². The summed E-state index contributed by atoms with van der Waals surface area (Å²) in [5.74, 6) is 3.61. The van der Waals surface area contributed by atoms with E-state index in [-0.39, 0.29) is 10.6 Å². The highest BCUT2D eigenvalue weighted by Gasteiger charge is 2.55. The van der Waals surface area contributed by atoms with Crippen LogP contribution >= 0.6 is 0 Å². The molecule has 1 aliphatic rings. The van der Waals surface area contributed by atoms with Gasteiger partial charge < -0.3 is 0 Å². The van der Waals surface area contributed by atoms with Gasteiger partial charge in [-0.25, -0.2) is 0 Å². The number of rotatable bonds is 2. The van der Waals surface area contributed by atoms with Crippen LogP contribution in [0, 0.1) is 18.4 Å². The van der Waals surface area contributed by atoms with Crippen molar-refractivity contribution in [2.24, 2.45) is 0 Å². The first-order valence-corrected chi connectivity index (χ1v) is 15.4. The maximum atomic E-state index is 14.3. The first kappa shape index (κ1) is 24.9. The molecule has 39 heavy (non-hydrogen) atoms. The molecule has 190 valence electrons. The van der Waals surface area contributed by atoms with E-state index in [1.165, 1.54) is 10.4 Å². The second-order valence-electron chi connectivity index (χ2n) is 11.2. The van der Waals surface area contributed by atoms with Gasteiger partial charge in [-0.15, -0.1) is 5.54 Å². The lowest BCUT2D eigenvalue weighted by atomic mass is 9.98. The van der Waals surface area contributed by atoms with Crippen molar-refractivity contribution in [2.45, 2.75) is 32.7 Å². The van der Waals surface area contributed by atoms with Crippen LogP contribution in [0.1, 0.15) is 31.9 Å². The molecule has 1 atom stereocenters. The second kappa shape index (κ2) is 9.41. The first-order chi connectivity index (χ1) is 18.8. The summed E-state index contributed by atoms with van der Waals surface area (Å²) in [6.45, 7) is 8.97. The number of pyridine rings is 1. The van der Waals surface area contributed by atoms with Crippen molar-refractivity contribution in [1.29, 1.82) is 0 Å². The highest BCUT2D eigenvalue weighted by Crippen LogP contribution is 2.45. The van der Waals surface area contributed by atoms with Gasteiger partial charge >= 0.3 is 0 Å². The van der Waals surface area contributed by atoms with Crippen molar-refractivity contribution in [2.75, 3.05) is 0 Å². The van der Waals surface area contributed by atoms with E-state index in [9.17, 15) is 4.79 Å².